The lowest BCUT2D eigenvalue weighted by Crippen LogP contribution is -2.21. The topological polar surface area (TPSA) is 48.3 Å². The lowest BCUT2D eigenvalue weighted by Gasteiger charge is -2.12. The second-order valence-corrected chi connectivity index (χ2v) is 5.39. The van der Waals surface area contributed by atoms with Crippen LogP contribution in [0.25, 0.3) is 11.3 Å². The van der Waals surface area contributed by atoms with Crippen molar-refractivity contribution in [2.24, 2.45) is 13.0 Å². The normalized spacial score (nSPS) is 10.7. The molecular weight excluding hydrogens is 266 g/mol. The summed E-state index contributed by atoms with van der Waals surface area (Å²) in [5, 5.41) is 0. The molecule has 110 valence electrons. The first-order valence-electron chi connectivity index (χ1n) is 6.91. The van der Waals surface area contributed by atoms with E-state index in [-0.39, 0.29) is 11.1 Å². The summed E-state index contributed by atoms with van der Waals surface area (Å²) >= 11 is 0. The first kappa shape index (κ1) is 15.0. The van der Waals surface area contributed by atoms with Crippen molar-refractivity contribution in [2.45, 2.75) is 13.8 Å². The van der Waals surface area contributed by atoms with Gasteiger partial charge in [-0.3, -0.25) is 9.59 Å². The van der Waals surface area contributed by atoms with Crippen LogP contribution < -0.4 is 10.3 Å². The van der Waals surface area contributed by atoms with Gasteiger partial charge in [0.2, 0.25) is 0 Å². The Morgan fingerprint density at radius 3 is 2.67 bits per heavy atom. The molecule has 2 aromatic rings. The molecule has 0 aliphatic heterocycles. The lowest BCUT2D eigenvalue weighted by molar-refractivity contribution is 0.112. The van der Waals surface area contributed by atoms with E-state index < -0.39 is 0 Å². The van der Waals surface area contributed by atoms with Gasteiger partial charge >= 0.3 is 0 Å². The minimum Gasteiger partial charge on any atom is -0.493 e. The average molecular weight is 285 g/mol. The molecule has 0 atom stereocenters. The molecule has 21 heavy (non-hydrogen) atoms. The van der Waals surface area contributed by atoms with Crippen LogP contribution in [-0.2, 0) is 7.05 Å². The van der Waals surface area contributed by atoms with Crippen molar-refractivity contribution < 1.29 is 9.53 Å². The molecule has 1 heterocycles. The van der Waals surface area contributed by atoms with Gasteiger partial charge in [0.15, 0.2) is 6.29 Å². The van der Waals surface area contributed by atoms with E-state index in [1.54, 1.807) is 19.2 Å². The van der Waals surface area contributed by atoms with Crippen LogP contribution in [0.1, 0.15) is 24.2 Å². The molecule has 0 spiro atoms. The molecule has 0 radical (unpaired) electrons. The van der Waals surface area contributed by atoms with Gasteiger partial charge in [-0.2, -0.15) is 0 Å². The summed E-state index contributed by atoms with van der Waals surface area (Å²) in [6.07, 6.45) is 0.578. The average Bonchev–Trinajstić information content (AvgIpc) is 2.48. The Morgan fingerprint density at radius 2 is 2.00 bits per heavy atom. The Bertz CT molecular complexity index is 701. The molecule has 0 fully saturated rings. The van der Waals surface area contributed by atoms with Crippen molar-refractivity contribution in [2.75, 3.05) is 6.61 Å². The molecule has 0 saturated carbocycles. The third-order valence-electron chi connectivity index (χ3n) is 3.17. The van der Waals surface area contributed by atoms with Gasteiger partial charge in [0.1, 0.15) is 5.75 Å². The van der Waals surface area contributed by atoms with E-state index in [9.17, 15) is 9.59 Å². The second kappa shape index (κ2) is 6.39. The van der Waals surface area contributed by atoms with Gasteiger partial charge in [0, 0.05) is 12.6 Å². The molecule has 0 N–H and O–H groups in total. The Labute approximate surface area is 124 Å². The molecule has 0 saturated heterocycles. The van der Waals surface area contributed by atoms with Gasteiger partial charge in [-0.05, 0) is 30.2 Å². The number of rotatable bonds is 5. The zero-order valence-electron chi connectivity index (χ0n) is 12.5. The van der Waals surface area contributed by atoms with Crippen LogP contribution in [0.3, 0.4) is 0 Å². The van der Waals surface area contributed by atoms with Crippen molar-refractivity contribution >= 4 is 6.29 Å². The summed E-state index contributed by atoms with van der Waals surface area (Å²) in [6, 6.07) is 10.9. The summed E-state index contributed by atoms with van der Waals surface area (Å²) < 4.78 is 7.18. The smallest absolute Gasteiger partial charge is 0.261 e. The van der Waals surface area contributed by atoms with E-state index in [0.29, 0.717) is 18.8 Å². The van der Waals surface area contributed by atoms with E-state index in [2.05, 4.69) is 13.8 Å². The van der Waals surface area contributed by atoms with Crippen LogP contribution in [0.15, 0.2) is 41.2 Å². The number of benzene rings is 1. The number of hydrogen-bond donors (Lipinski definition) is 0. The summed E-state index contributed by atoms with van der Waals surface area (Å²) in [5.74, 6) is 1.22. The van der Waals surface area contributed by atoms with Crippen LogP contribution in [0.4, 0.5) is 0 Å². The number of hydrogen-bond acceptors (Lipinski definition) is 3. The lowest BCUT2D eigenvalue weighted by atomic mass is 10.1. The zero-order valence-corrected chi connectivity index (χ0v) is 12.5. The predicted octanol–water partition coefficient (Wildman–Crippen LogP) is 2.90. The highest BCUT2D eigenvalue weighted by Crippen LogP contribution is 2.23. The summed E-state index contributed by atoms with van der Waals surface area (Å²) in [7, 11) is 1.66. The van der Waals surface area contributed by atoms with E-state index in [1.807, 2.05) is 24.3 Å². The summed E-state index contributed by atoms with van der Waals surface area (Å²) in [6.45, 7) is 4.82. The van der Waals surface area contributed by atoms with Gasteiger partial charge in [-0.25, -0.2) is 0 Å². The van der Waals surface area contributed by atoms with Gasteiger partial charge < -0.3 is 9.30 Å². The molecule has 0 aliphatic rings. The summed E-state index contributed by atoms with van der Waals surface area (Å²) in [5.41, 5.74) is 1.50. The van der Waals surface area contributed by atoms with Crippen LogP contribution in [0.5, 0.6) is 5.75 Å². The predicted molar refractivity (Wildman–Crippen MR) is 82.8 cm³/mol. The highest BCUT2D eigenvalue weighted by molar-refractivity contribution is 5.75. The van der Waals surface area contributed by atoms with Gasteiger partial charge in [0.05, 0.1) is 17.9 Å². The standard InChI is InChI=1S/C17H19NO3/c1-12(2)11-21-15-6-4-5-13(9-15)16-8-7-14(10-19)17(20)18(16)3/h4-10,12H,11H2,1-3H3. The highest BCUT2D eigenvalue weighted by atomic mass is 16.5. The van der Waals surface area contributed by atoms with Gasteiger partial charge in [-0.15, -0.1) is 0 Å². The fraction of sp³-hybridized carbons (Fsp3) is 0.294. The van der Waals surface area contributed by atoms with E-state index in [1.165, 1.54) is 4.57 Å². The minimum atomic E-state index is -0.295. The molecule has 0 aliphatic carbocycles. The molecule has 1 aromatic carbocycles. The molecule has 1 aromatic heterocycles. The largest absolute Gasteiger partial charge is 0.493 e. The Morgan fingerprint density at radius 1 is 1.24 bits per heavy atom. The maximum atomic E-state index is 12.0. The van der Waals surface area contributed by atoms with Crippen molar-refractivity contribution in [3.63, 3.8) is 0 Å². The fourth-order valence-electron chi connectivity index (χ4n) is 2.04. The first-order chi connectivity index (χ1) is 10.0. The van der Waals surface area contributed by atoms with Crippen molar-refractivity contribution in [1.82, 2.24) is 4.57 Å². The number of pyridine rings is 1. The third kappa shape index (κ3) is 3.40. The first-order valence-corrected chi connectivity index (χ1v) is 6.91. The number of nitrogens with zero attached hydrogens (tertiary/aromatic N) is 1. The van der Waals surface area contributed by atoms with Crippen molar-refractivity contribution in [3.8, 4) is 17.0 Å². The maximum absolute atomic E-state index is 12.0. The third-order valence-corrected chi connectivity index (χ3v) is 3.17. The number of aldehydes is 1. The zero-order chi connectivity index (χ0) is 15.4. The van der Waals surface area contributed by atoms with Crippen LogP contribution in [0, 0.1) is 5.92 Å². The second-order valence-electron chi connectivity index (χ2n) is 5.39. The van der Waals surface area contributed by atoms with Crippen LogP contribution in [0.2, 0.25) is 0 Å². The highest BCUT2D eigenvalue weighted by Gasteiger charge is 2.08. The van der Waals surface area contributed by atoms with E-state index in [4.69, 9.17) is 4.74 Å². The van der Waals surface area contributed by atoms with E-state index >= 15 is 0 Å². The van der Waals surface area contributed by atoms with Crippen molar-refractivity contribution in [3.05, 3.63) is 52.3 Å². The molecule has 0 amide bonds. The Balaban J connectivity index is 2.39. The van der Waals surface area contributed by atoms with Gasteiger partial charge in [0.25, 0.3) is 5.56 Å². The molecule has 0 unspecified atom stereocenters. The monoisotopic (exact) mass is 285 g/mol. The van der Waals surface area contributed by atoms with Crippen LogP contribution >= 0.6 is 0 Å². The van der Waals surface area contributed by atoms with E-state index in [0.717, 1.165) is 17.0 Å². The molecule has 2 rings (SSSR count). The Kier molecular flexibility index (Phi) is 4.58. The van der Waals surface area contributed by atoms with Crippen molar-refractivity contribution in [1.29, 1.82) is 0 Å². The quantitative estimate of drug-likeness (QED) is 0.794. The number of carbonyl (C=O) groups excluding carboxylic acids is 1. The Hall–Kier alpha value is -2.36. The van der Waals surface area contributed by atoms with Crippen LogP contribution in [-0.4, -0.2) is 17.5 Å². The molecular formula is C17H19NO3. The molecule has 0 bridgehead atoms. The number of carbonyl (C=O) groups is 1. The minimum absolute atomic E-state index is 0.161. The fourth-order valence-corrected chi connectivity index (χ4v) is 2.04. The maximum Gasteiger partial charge on any atom is 0.261 e. The summed E-state index contributed by atoms with van der Waals surface area (Å²) in [4.78, 5) is 22.8. The molecule has 4 nitrogen and oxygen atoms in total. The number of aromatic nitrogens is 1. The number of ether oxygens (including phenoxy) is 1. The van der Waals surface area contributed by atoms with Gasteiger partial charge in [-0.1, -0.05) is 26.0 Å². The molecule has 4 heteroatoms. The SMILES string of the molecule is CC(C)COc1cccc(-c2ccc(C=O)c(=O)n2C)c1.